The number of carbonyl (C=O) groups is 3. The van der Waals surface area contributed by atoms with E-state index >= 15 is 0 Å². The van der Waals surface area contributed by atoms with Crippen LogP contribution < -0.4 is 5.32 Å². The normalized spacial score (nSPS) is 10.2. The molecule has 0 aliphatic rings. The lowest BCUT2D eigenvalue weighted by Gasteiger charge is -2.06. The Hall–Kier alpha value is -2.17. The smallest absolute Gasteiger partial charge is 0.335 e. The molecule has 96 valence electrons. The molecule has 0 saturated carbocycles. The minimum atomic E-state index is -1.08. The van der Waals surface area contributed by atoms with E-state index in [-0.39, 0.29) is 17.9 Å². The lowest BCUT2D eigenvalue weighted by atomic mass is 10.1. The monoisotopic (exact) mass is 249 g/mol. The average molecular weight is 249 g/mol. The lowest BCUT2D eigenvalue weighted by molar-refractivity contribution is -0.135. The molecule has 0 bridgehead atoms. The number of rotatable bonds is 5. The highest BCUT2D eigenvalue weighted by molar-refractivity contribution is 6.40. The summed E-state index contributed by atoms with van der Waals surface area (Å²) < 4.78 is 0. The summed E-state index contributed by atoms with van der Waals surface area (Å²) >= 11 is 0. The fourth-order valence-electron chi connectivity index (χ4n) is 1.39. The molecular weight excluding hydrogens is 234 g/mol. The van der Waals surface area contributed by atoms with Gasteiger partial charge in [0.05, 0.1) is 5.56 Å². The zero-order valence-electron chi connectivity index (χ0n) is 10.3. The van der Waals surface area contributed by atoms with Gasteiger partial charge in [0.2, 0.25) is 5.78 Å². The first-order valence-electron chi connectivity index (χ1n) is 5.57. The summed E-state index contributed by atoms with van der Waals surface area (Å²) in [6, 6.07) is 5.76. The van der Waals surface area contributed by atoms with E-state index in [1.54, 1.807) is 0 Å². The molecule has 1 aromatic rings. The van der Waals surface area contributed by atoms with Crippen molar-refractivity contribution in [3.05, 3.63) is 29.8 Å². The standard InChI is InChI=1S/C13H15NO4/c1-8(2)6-11(15)12(16)14-10-5-3-4-9(7-10)13(17)18/h3-5,7-8H,6H2,1-2H3,(H,14,16)(H,17,18). The number of carbonyl (C=O) groups excluding carboxylic acids is 2. The number of hydrogen-bond acceptors (Lipinski definition) is 3. The molecule has 1 amide bonds. The van der Waals surface area contributed by atoms with Crippen molar-refractivity contribution in [1.29, 1.82) is 0 Å². The van der Waals surface area contributed by atoms with Crippen LogP contribution in [0.25, 0.3) is 0 Å². The molecule has 0 atom stereocenters. The van der Waals surface area contributed by atoms with Gasteiger partial charge >= 0.3 is 5.97 Å². The van der Waals surface area contributed by atoms with Crippen LogP contribution in [0.5, 0.6) is 0 Å². The second-order valence-corrected chi connectivity index (χ2v) is 4.36. The minimum Gasteiger partial charge on any atom is -0.478 e. The highest BCUT2D eigenvalue weighted by atomic mass is 16.4. The second kappa shape index (κ2) is 5.95. The maximum absolute atomic E-state index is 11.5. The Labute approximate surface area is 105 Å². The number of carboxylic acid groups (broad SMARTS) is 1. The number of hydrogen-bond donors (Lipinski definition) is 2. The fourth-order valence-corrected chi connectivity index (χ4v) is 1.39. The Morgan fingerprint density at radius 3 is 2.50 bits per heavy atom. The van der Waals surface area contributed by atoms with Crippen LogP contribution >= 0.6 is 0 Å². The van der Waals surface area contributed by atoms with E-state index in [2.05, 4.69) is 5.32 Å². The van der Waals surface area contributed by atoms with Gasteiger partial charge in [-0.1, -0.05) is 19.9 Å². The van der Waals surface area contributed by atoms with Gasteiger partial charge in [-0.2, -0.15) is 0 Å². The highest BCUT2D eigenvalue weighted by Gasteiger charge is 2.15. The molecule has 0 aliphatic heterocycles. The van der Waals surface area contributed by atoms with Crippen molar-refractivity contribution in [2.24, 2.45) is 5.92 Å². The van der Waals surface area contributed by atoms with Crippen LogP contribution in [-0.4, -0.2) is 22.8 Å². The summed E-state index contributed by atoms with van der Waals surface area (Å²) in [5.41, 5.74) is 0.362. The maximum Gasteiger partial charge on any atom is 0.335 e. The summed E-state index contributed by atoms with van der Waals surface area (Å²) in [6.45, 7) is 3.69. The molecule has 1 aromatic carbocycles. The largest absolute Gasteiger partial charge is 0.478 e. The Bertz CT molecular complexity index is 480. The highest BCUT2D eigenvalue weighted by Crippen LogP contribution is 2.11. The van der Waals surface area contributed by atoms with Gasteiger partial charge in [-0.15, -0.1) is 0 Å². The van der Waals surface area contributed by atoms with Crippen molar-refractivity contribution >= 4 is 23.3 Å². The first-order valence-corrected chi connectivity index (χ1v) is 5.57. The van der Waals surface area contributed by atoms with Gasteiger partial charge in [0.1, 0.15) is 0 Å². The van der Waals surface area contributed by atoms with Crippen LogP contribution in [0.2, 0.25) is 0 Å². The zero-order chi connectivity index (χ0) is 13.7. The average Bonchev–Trinajstić information content (AvgIpc) is 2.28. The molecule has 0 aromatic heterocycles. The molecule has 0 spiro atoms. The molecule has 18 heavy (non-hydrogen) atoms. The van der Waals surface area contributed by atoms with E-state index in [0.717, 1.165) is 0 Å². The van der Waals surface area contributed by atoms with Gasteiger partial charge in [-0.25, -0.2) is 4.79 Å². The third kappa shape index (κ3) is 4.01. The van der Waals surface area contributed by atoms with Gasteiger partial charge in [0.15, 0.2) is 0 Å². The number of ketones is 1. The van der Waals surface area contributed by atoms with Crippen molar-refractivity contribution in [1.82, 2.24) is 0 Å². The van der Waals surface area contributed by atoms with Gasteiger partial charge in [-0.05, 0) is 24.1 Å². The van der Waals surface area contributed by atoms with E-state index in [0.29, 0.717) is 5.69 Å². The first kappa shape index (κ1) is 13.9. The van der Waals surface area contributed by atoms with Crippen molar-refractivity contribution in [2.45, 2.75) is 20.3 Å². The van der Waals surface area contributed by atoms with Crippen molar-refractivity contribution in [3.63, 3.8) is 0 Å². The molecule has 0 heterocycles. The van der Waals surface area contributed by atoms with E-state index in [9.17, 15) is 14.4 Å². The minimum absolute atomic E-state index is 0.0594. The SMILES string of the molecule is CC(C)CC(=O)C(=O)Nc1cccc(C(=O)O)c1. The van der Waals surface area contributed by atoms with E-state index < -0.39 is 17.7 Å². The van der Waals surface area contributed by atoms with Gasteiger partial charge in [0.25, 0.3) is 5.91 Å². The molecule has 2 N–H and O–H groups in total. The third-order valence-corrected chi connectivity index (χ3v) is 2.21. The van der Waals surface area contributed by atoms with E-state index in [1.807, 2.05) is 13.8 Å². The number of anilines is 1. The molecule has 0 saturated heterocycles. The molecule has 0 fully saturated rings. The molecule has 0 unspecified atom stereocenters. The molecule has 5 nitrogen and oxygen atoms in total. The quantitative estimate of drug-likeness (QED) is 0.781. The maximum atomic E-state index is 11.5. The summed E-state index contributed by atoms with van der Waals surface area (Å²) in [7, 11) is 0. The third-order valence-electron chi connectivity index (χ3n) is 2.21. The van der Waals surface area contributed by atoms with Gasteiger partial charge in [0, 0.05) is 12.1 Å². The Kier molecular flexibility index (Phi) is 4.59. The van der Waals surface area contributed by atoms with Crippen LogP contribution in [0.15, 0.2) is 24.3 Å². The predicted octanol–water partition coefficient (Wildman–Crippen LogP) is 1.94. The fraction of sp³-hybridized carbons (Fsp3) is 0.308. The van der Waals surface area contributed by atoms with Gasteiger partial charge < -0.3 is 10.4 Å². The number of carboxylic acids is 1. The van der Waals surface area contributed by atoms with Crippen molar-refractivity contribution in [2.75, 3.05) is 5.32 Å². The Balaban J connectivity index is 2.73. The number of amides is 1. The summed E-state index contributed by atoms with van der Waals surface area (Å²) in [4.78, 5) is 33.7. The zero-order valence-corrected chi connectivity index (χ0v) is 10.3. The number of aromatic carboxylic acids is 1. The summed E-state index contributed by atoms with van der Waals surface area (Å²) in [6.07, 6.45) is 0.171. The molecule has 0 radical (unpaired) electrons. The number of Topliss-reactive ketones (excluding diaryl/α,β-unsaturated/α-hetero) is 1. The van der Waals surface area contributed by atoms with E-state index in [4.69, 9.17) is 5.11 Å². The molecular formula is C13H15NO4. The molecule has 0 aliphatic carbocycles. The Morgan fingerprint density at radius 1 is 1.28 bits per heavy atom. The second-order valence-electron chi connectivity index (χ2n) is 4.36. The van der Waals surface area contributed by atoms with E-state index in [1.165, 1.54) is 24.3 Å². The number of nitrogens with one attached hydrogen (secondary N) is 1. The topological polar surface area (TPSA) is 83.5 Å². The van der Waals surface area contributed by atoms with Crippen LogP contribution in [0.3, 0.4) is 0 Å². The van der Waals surface area contributed by atoms with Crippen molar-refractivity contribution in [3.8, 4) is 0 Å². The summed E-state index contributed by atoms with van der Waals surface area (Å²) in [5, 5.41) is 11.2. The lowest BCUT2D eigenvalue weighted by Crippen LogP contribution is -2.24. The van der Waals surface area contributed by atoms with Crippen LogP contribution in [0, 0.1) is 5.92 Å². The molecule has 1 rings (SSSR count). The Morgan fingerprint density at radius 2 is 1.94 bits per heavy atom. The summed E-state index contributed by atoms with van der Waals surface area (Å²) in [5.74, 6) is -2.20. The van der Waals surface area contributed by atoms with Gasteiger partial charge in [-0.3, -0.25) is 9.59 Å². The number of benzene rings is 1. The van der Waals surface area contributed by atoms with Crippen LogP contribution in [-0.2, 0) is 9.59 Å². The first-order chi connectivity index (χ1) is 8.40. The predicted molar refractivity (Wildman–Crippen MR) is 66.5 cm³/mol. The van der Waals surface area contributed by atoms with Crippen LogP contribution in [0.4, 0.5) is 5.69 Å². The van der Waals surface area contributed by atoms with Crippen LogP contribution in [0.1, 0.15) is 30.6 Å². The van der Waals surface area contributed by atoms with Crippen molar-refractivity contribution < 1.29 is 19.5 Å². The molecule has 5 heteroatoms.